The molecule has 0 saturated carbocycles. The standard InChI is InChI=1S/C25H29N3O/c1-16(17-8-5-4-6-9-17)27-24(29)18-12-20-19-10-7-11-21-23(19)25(2,15-26-21)13-22(20)28(3)14-18/h4-12,16,18,22,26H,13-15H2,1-3H3,(H,27,29)/t16?,18-,22-,25-/m1/s1. The smallest absolute Gasteiger partial charge is 0.228 e. The van der Waals surface area contributed by atoms with Crippen LogP contribution in [-0.4, -0.2) is 37.0 Å². The van der Waals surface area contributed by atoms with Gasteiger partial charge in [0.05, 0.1) is 12.0 Å². The Hall–Kier alpha value is -2.59. The molecule has 2 aromatic rings. The van der Waals surface area contributed by atoms with Gasteiger partial charge >= 0.3 is 0 Å². The van der Waals surface area contributed by atoms with Gasteiger partial charge in [0.25, 0.3) is 0 Å². The summed E-state index contributed by atoms with van der Waals surface area (Å²) in [4.78, 5) is 15.5. The molecule has 4 nitrogen and oxygen atoms in total. The van der Waals surface area contributed by atoms with Crippen molar-refractivity contribution in [3.05, 3.63) is 71.3 Å². The van der Waals surface area contributed by atoms with Crippen LogP contribution in [0.15, 0.2) is 54.6 Å². The van der Waals surface area contributed by atoms with Crippen molar-refractivity contribution in [1.29, 1.82) is 0 Å². The molecule has 0 fully saturated rings. The van der Waals surface area contributed by atoms with Crippen molar-refractivity contribution >= 4 is 17.2 Å². The van der Waals surface area contributed by atoms with Gasteiger partial charge in [-0.15, -0.1) is 0 Å². The predicted octanol–water partition coefficient (Wildman–Crippen LogP) is 3.96. The molecule has 0 spiro atoms. The minimum Gasteiger partial charge on any atom is -0.384 e. The van der Waals surface area contributed by atoms with Crippen LogP contribution >= 0.6 is 0 Å². The van der Waals surface area contributed by atoms with Gasteiger partial charge in [0.15, 0.2) is 0 Å². The van der Waals surface area contributed by atoms with Crippen LogP contribution in [0.3, 0.4) is 0 Å². The van der Waals surface area contributed by atoms with Gasteiger partial charge in [-0.1, -0.05) is 55.5 Å². The fourth-order valence-electron chi connectivity index (χ4n) is 5.46. The van der Waals surface area contributed by atoms with Crippen molar-refractivity contribution in [3.63, 3.8) is 0 Å². The van der Waals surface area contributed by atoms with Crippen LogP contribution in [0.2, 0.25) is 0 Å². The number of carbonyl (C=O) groups excluding carboxylic acids is 1. The Labute approximate surface area is 173 Å². The summed E-state index contributed by atoms with van der Waals surface area (Å²) in [5.74, 6) is -0.0230. The van der Waals surface area contributed by atoms with E-state index >= 15 is 0 Å². The van der Waals surface area contributed by atoms with E-state index in [-0.39, 0.29) is 23.3 Å². The average molecular weight is 388 g/mol. The van der Waals surface area contributed by atoms with Crippen molar-refractivity contribution < 1.29 is 4.79 Å². The van der Waals surface area contributed by atoms with Crippen LogP contribution in [0, 0.1) is 5.92 Å². The molecule has 4 heteroatoms. The lowest BCUT2D eigenvalue weighted by Crippen LogP contribution is -2.49. The first-order chi connectivity index (χ1) is 14.0. The zero-order chi connectivity index (χ0) is 20.2. The summed E-state index contributed by atoms with van der Waals surface area (Å²) in [5.41, 5.74) is 6.65. The maximum atomic E-state index is 13.1. The van der Waals surface area contributed by atoms with Crippen molar-refractivity contribution in [1.82, 2.24) is 10.2 Å². The average Bonchev–Trinajstić information content (AvgIpc) is 3.07. The Balaban J connectivity index is 1.46. The summed E-state index contributed by atoms with van der Waals surface area (Å²) in [5, 5.41) is 6.82. The maximum Gasteiger partial charge on any atom is 0.228 e. The highest BCUT2D eigenvalue weighted by atomic mass is 16.2. The largest absolute Gasteiger partial charge is 0.384 e. The van der Waals surface area contributed by atoms with E-state index in [1.807, 2.05) is 18.2 Å². The molecule has 5 rings (SSSR count). The fourth-order valence-corrected chi connectivity index (χ4v) is 5.46. The Kier molecular flexibility index (Phi) is 4.28. The van der Waals surface area contributed by atoms with Crippen LogP contribution in [0.1, 0.15) is 43.0 Å². The Morgan fingerprint density at radius 1 is 1.21 bits per heavy atom. The first-order valence-corrected chi connectivity index (χ1v) is 10.6. The van der Waals surface area contributed by atoms with Crippen LogP contribution < -0.4 is 10.6 Å². The molecule has 29 heavy (non-hydrogen) atoms. The zero-order valence-corrected chi connectivity index (χ0v) is 17.4. The third kappa shape index (κ3) is 2.98. The molecule has 1 amide bonds. The summed E-state index contributed by atoms with van der Waals surface area (Å²) in [6.07, 6.45) is 3.34. The van der Waals surface area contributed by atoms with Crippen LogP contribution in [0.25, 0.3) is 5.57 Å². The third-order valence-corrected chi connectivity index (χ3v) is 7.04. The minimum atomic E-state index is -0.132. The van der Waals surface area contributed by atoms with Crippen molar-refractivity contribution in [2.24, 2.45) is 5.92 Å². The molecule has 2 aromatic carbocycles. The topological polar surface area (TPSA) is 44.4 Å². The summed E-state index contributed by atoms with van der Waals surface area (Å²) in [6, 6.07) is 17.1. The predicted molar refractivity (Wildman–Crippen MR) is 118 cm³/mol. The Morgan fingerprint density at radius 2 is 2.00 bits per heavy atom. The summed E-state index contributed by atoms with van der Waals surface area (Å²) < 4.78 is 0. The molecule has 150 valence electrons. The van der Waals surface area contributed by atoms with E-state index in [2.05, 4.69) is 72.8 Å². The lowest BCUT2D eigenvalue weighted by atomic mass is 9.67. The molecule has 1 aliphatic carbocycles. The highest BCUT2D eigenvalue weighted by Crippen LogP contribution is 2.51. The first kappa shape index (κ1) is 18.4. The summed E-state index contributed by atoms with van der Waals surface area (Å²) in [6.45, 7) is 6.19. The number of benzene rings is 2. The van der Waals surface area contributed by atoms with E-state index in [0.717, 1.165) is 25.1 Å². The number of carbonyl (C=O) groups is 1. The quantitative estimate of drug-likeness (QED) is 0.838. The van der Waals surface area contributed by atoms with E-state index in [1.165, 1.54) is 22.4 Å². The molecule has 1 unspecified atom stereocenters. The van der Waals surface area contributed by atoms with Crippen LogP contribution in [0.5, 0.6) is 0 Å². The van der Waals surface area contributed by atoms with Gasteiger partial charge in [-0.3, -0.25) is 9.69 Å². The van der Waals surface area contributed by atoms with Gasteiger partial charge < -0.3 is 10.6 Å². The minimum absolute atomic E-state index is 0.00458. The van der Waals surface area contributed by atoms with Crippen LogP contribution in [-0.2, 0) is 10.2 Å². The molecule has 0 radical (unpaired) electrons. The number of nitrogens with zero attached hydrogens (tertiary/aromatic N) is 1. The molecule has 0 saturated heterocycles. The number of hydrogen-bond donors (Lipinski definition) is 2. The number of amides is 1. The van der Waals surface area contributed by atoms with E-state index in [9.17, 15) is 4.79 Å². The second kappa shape index (κ2) is 6.74. The normalized spacial score (nSPS) is 28.6. The monoisotopic (exact) mass is 387 g/mol. The number of fused-ring (bicyclic) bond motifs is 2. The molecule has 4 atom stereocenters. The number of nitrogens with one attached hydrogen (secondary N) is 2. The van der Waals surface area contributed by atoms with Crippen LogP contribution in [0.4, 0.5) is 5.69 Å². The number of rotatable bonds is 3. The van der Waals surface area contributed by atoms with Gasteiger partial charge in [-0.25, -0.2) is 0 Å². The van der Waals surface area contributed by atoms with E-state index < -0.39 is 0 Å². The molecule has 3 aliphatic rings. The van der Waals surface area contributed by atoms with E-state index in [0.29, 0.717) is 6.04 Å². The molecule has 2 heterocycles. The van der Waals surface area contributed by atoms with Crippen molar-refractivity contribution in [2.45, 2.75) is 37.8 Å². The maximum absolute atomic E-state index is 13.1. The van der Waals surface area contributed by atoms with Gasteiger partial charge in [0.1, 0.15) is 0 Å². The number of anilines is 1. The molecule has 2 N–H and O–H groups in total. The summed E-state index contributed by atoms with van der Waals surface area (Å²) >= 11 is 0. The third-order valence-electron chi connectivity index (χ3n) is 7.04. The lowest BCUT2D eigenvalue weighted by molar-refractivity contribution is -0.125. The summed E-state index contributed by atoms with van der Waals surface area (Å²) in [7, 11) is 2.17. The van der Waals surface area contributed by atoms with Gasteiger partial charge in [-0.2, -0.15) is 0 Å². The van der Waals surface area contributed by atoms with Gasteiger partial charge in [0.2, 0.25) is 5.91 Å². The Morgan fingerprint density at radius 3 is 2.79 bits per heavy atom. The van der Waals surface area contributed by atoms with Crippen molar-refractivity contribution in [2.75, 3.05) is 25.5 Å². The highest BCUT2D eigenvalue weighted by molar-refractivity contribution is 5.88. The second-order valence-corrected chi connectivity index (χ2v) is 9.17. The molecule has 0 bridgehead atoms. The molecule has 0 aromatic heterocycles. The van der Waals surface area contributed by atoms with Gasteiger partial charge in [0, 0.05) is 30.2 Å². The first-order valence-electron chi connectivity index (χ1n) is 10.6. The zero-order valence-electron chi connectivity index (χ0n) is 17.4. The van der Waals surface area contributed by atoms with E-state index in [1.54, 1.807) is 0 Å². The van der Waals surface area contributed by atoms with E-state index in [4.69, 9.17) is 0 Å². The number of hydrogen-bond acceptors (Lipinski definition) is 3. The second-order valence-electron chi connectivity index (χ2n) is 9.17. The highest BCUT2D eigenvalue weighted by Gasteiger charge is 2.46. The molecule has 2 aliphatic heterocycles. The molecular formula is C25H29N3O. The van der Waals surface area contributed by atoms with Gasteiger partial charge in [-0.05, 0) is 48.7 Å². The number of likely N-dealkylation sites (N-methyl/N-ethyl adjacent to an activating group) is 1. The van der Waals surface area contributed by atoms with Crippen molar-refractivity contribution in [3.8, 4) is 0 Å². The Bertz CT molecular complexity index is 983. The lowest BCUT2D eigenvalue weighted by Gasteiger charge is -2.45. The SMILES string of the molecule is CC(NC(=O)[C@@H]1C=C2c3cccc4c3[C@@](C)(CN4)C[C@H]2N(C)C1)c1ccccc1. The molecular weight excluding hydrogens is 358 g/mol. The fraction of sp³-hybridized carbons (Fsp3) is 0.400.